The number of nitrogens with one attached hydrogen (secondary N) is 1. The number of rotatable bonds is 4. The highest BCUT2D eigenvalue weighted by Crippen LogP contribution is 2.25. The van der Waals surface area contributed by atoms with Crippen LogP contribution in [0, 0.1) is 10.1 Å². The number of nitro benzene ring substituents is 1. The number of para-hydroxylation sites is 1. The Labute approximate surface area is 116 Å². The molecule has 1 fully saturated rings. The van der Waals surface area contributed by atoms with Crippen LogP contribution in [0.2, 0.25) is 0 Å². The molecule has 0 spiro atoms. The zero-order chi connectivity index (χ0) is 14.8. The SMILES string of the molecule is O=[N+]([O-])c1ccccc1S(=O)(=O)NC1CCC(O)CC1. The molecule has 2 rings (SSSR count). The molecule has 0 amide bonds. The van der Waals surface area contributed by atoms with E-state index in [0.29, 0.717) is 25.7 Å². The van der Waals surface area contributed by atoms with Crippen LogP contribution in [0.15, 0.2) is 29.2 Å². The number of sulfonamides is 1. The number of benzene rings is 1. The van der Waals surface area contributed by atoms with Gasteiger partial charge in [0.2, 0.25) is 10.0 Å². The zero-order valence-electron chi connectivity index (χ0n) is 10.7. The summed E-state index contributed by atoms with van der Waals surface area (Å²) in [5, 5.41) is 20.3. The van der Waals surface area contributed by atoms with Crippen molar-refractivity contribution in [3.8, 4) is 0 Å². The third-order valence-corrected chi connectivity index (χ3v) is 4.94. The Balaban J connectivity index is 2.21. The molecule has 1 aromatic rings. The van der Waals surface area contributed by atoms with Gasteiger partial charge in [-0.1, -0.05) is 12.1 Å². The third-order valence-electron chi connectivity index (χ3n) is 3.37. The molecule has 1 aliphatic rings. The van der Waals surface area contributed by atoms with Crippen LogP contribution in [-0.2, 0) is 10.0 Å². The van der Waals surface area contributed by atoms with Gasteiger partial charge in [-0.05, 0) is 31.7 Å². The molecule has 1 aromatic carbocycles. The van der Waals surface area contributed by atoms with E-state index in [-0.39, 0.29) is 17.0 Å². The van der Waals surface area contributed by atoms with E-state index in [9.17, 15) is 23.6 Å². The lowest BCUT2D eigenvalue weighted by Crippen LogP contribution is -2.38. The van der Waals surface area contributed by atoms with Gasteiger partial charge in [0.1, 0.15) is 0 Å². The Morgan fingerprint density at radius 1 is 1.20 bits per heavy atom. The van der Waals surface area contributed by atoms with Crippen molar-refractivity contribution >= 4 is 15.7 Å². The van der Waals surface area contributed by atoms with Crippen LogP contribution in [0.4, 0.5) is 5.69 Å². The topological polar surface area (TPSA) is 110 Å². The van der Waals surface area contributed by atoms with Gasteiger partial charge in [0.05, 0.1) is 11.0 Å². The molecule has 1 aliphatic carbocycles. The Kier molecular flexibility index (Phi) is 4.36. The largest absolute Gasteiger partial charge is 0.393 e. The first-order valence-corrected chi connectivity index (χ1v) is 7.82. The van der Waals surface area contributed by atoms with Gasteiger partial charge < -0.3 is 5.11 Å². The number of nitro groups is 1. The minimum absolute atomic E-state index is 0.289. The van der Waals surface area contributed by atoms with E-state index >= 15 is 0 Å². The van der Waals surface area contributed by atoms with Crippen molar-refractivity contribution < 1.29 is 18.4 Å². The maximum absolute atomic E-state index is 12.2. The summed E-state index contributed by atoms with van der Waals surface area (Å²) in [6.07, 6.45) is 1.73. The summed E-state index contributed by atoms with van der Waals surface area (Å²) in [5.74, 6) is 0. The molecule has 0 radical (unpaired) electrons. The van der Waals surface area contributed by atoms with Gasteiger partial charge >= 0.3 is 0 Å². The van der Waals surface area contributed by atoms with Crippen molar-refractivity contribution in [1.82, 2.24) is 4.72 Å². The molecule has 0 heterocycles. The molecule has 8 heteroatoms. The number of nitrogens with zero attached hydrogens (tertiary/aromatic N) is 1. The lowest BCUT2D eigenvalue weighted by Gasteiger charge is -2.25. The van der Waals surface area contributed by atoms with Gasteiger partial charge in [0.25, 0.3) is 5.69 Å². The summed E-state index contributed by atoms with van der Waals surface area (Å²) >= 11 is 0. The lowest BCUT2D eigenvalue weighted by molar-refractivity contribution is -0.387. The highest BCUT2D eigenvalue weighted by atomic mass is 32.2. The molecule has 0 aromatic heterocycles. The van der Waals surface area contributed by atoms with Gasteiger partial charge in [-0.3, -0.25) is 10.1 Å². The number of hydrogen-bond acceptors (Lipinski definition) is 5. The molecule has 2 N–H and O–H groups in total. The van der Waals surface area contributed by atoms with E-state index in [0.717, 1.165) is 0 Å². The molecular weight excluding hydrogens is 284 g/mol. The van der Waals surface area contributed by atoms with Crippen LogP contribution in [0.3, 0.4) is 0 Å². The summed E-state index contributed by atoms with van der Waals surface area (Å²) in [5.41, 5.74) is -0.434. The first-order chi connectivity index (χ1) is 9.40. The maximum Gasteiger partial charge on any atom is 0.289 e. The minimum atomic E-state index is -3.93. The molecule has 0 saturated heterocycles. The van der Waals surface area contributed by atoms with E-state index in [1.165, 1.54) is 24.3 Å². The van der Waals surface area contributed by atoms with Crippen LogP contribution in [0.5, 0.6) is 0 Å². The molecule has 0 unspecified atom stereocenters. The fraction of sp³-hybridized carbons (Fsp3) is 0.500. The summed E-state index contributed by atoms with van der Waals surface area (Å²) in [4.78, 5) is 9.85. The second-order valence-corrected chi connectivity index (χ2v) is 6.53. The van der Waals surface area contributed by atoms with Gasteiger partial charge in [-0.15, -0.1) is 0 Å². The van der Waals surface area contributed by atoms with E-state index in [1.807, 2.05) is 0 Å². The Morgan fingerprint density at radius 2 is 1.80 bits per heavy atom. The van der Waals surface area contributed by atoms with Crippen LogP contribution < -0.4 is 4.72 Å². The molecule has 1 saturated carbocycles. The Hall–Kier alpha value is -1.51. The van der Waals surface area contributed by atoms with Gasteiger partial charge in [-0.2, -0.15) is 0 Å². The molecule has 110 valence electrons. The third kappa shape index (κ3) is 3.33. The predicted octanol–water partition coefficient (Wildman–Crippen LogP) is 1.18. The van der Waals surface area contributed by atoms with Crippen molar-refractivity contribution in [3.05, 3.63) is 34.4 Å². The van der Waals surface area contributed by atoms with Crippen LogP contribution in [-0.4, -0.2) is 30.6 Å². The summed E-state index contributed by atoms with van der Waals surface area (Å²) in [6, 6.07) is 4.97. The van der Waals surface area contributed by atoms with Gasteiger partial charge in [0, 0.05) is 12.1 Å². The minimum Gasteiger partial charge on any atom is -0.393 e. The van der Waals surface area contributed by atoms with E-state index in [4.69, 9.17) is 0 Å². The average molecular weight is 300 g/mol. The number of aliphatic hydroxyl groups is 1. The fourth-order valence-electron chi connectivity index (χ4n) is 2.31. The zero-order valence-corrected chi connectivity index (χ0v) is 11.5. The highest BCUT2D eigenvalue weighted by Gasteiger charge is 2.29. The number of hydrogen-bond donors (Lipinski definition) is 2. The molecule has 0 atom stereocenters. The normalized spacial score (nSPS) is 23.4. The second-order valence-electron chi connectivity index (χ2n) is 4.85. The van der Waals surface area contributed by atoms with Crippen molar-refractivity contribution in [2.75, 3.05) is 0 Å². The highest BCUT2D eigenvalue weighted by molar-refractivity contribution is 7.89. The summed E-state index contributed by atoms with van der Waals surface area (Å²) in [7, 11) is -3.93. The first kappa shape index (κ1) is 14.9. The summed E-state index contributed by atoms with van der Waals surface area (Å²) in [6.45, 7) is 0. The molecule has 7 nitrogen and oxygen atoms in total. The number of aliphatic hydroxyl groups excluding tert-OH is 1. The van der Waals surface area contributed by atoms with Crippen LogP contribution in [0.1, 0.15) is 25.7 Å². The van der Waals surface area contributed by atoms with Gasteiger partial charge in [0.15, 0.2) is 4.90 Å². The van der Waals surface area contributed by atoms with E-state index in [1.54, 1.807) is 0 Å². The van der Waals surface area contributed by atoms with E-state index in [2.05, 4.69) is 4.72 Å². The quantitative estimate of drug-likeness (QED) is 0.641. The van der Waals surface area contributed by atoms with Crippen molar-refractivity contribution in [2.45, 2.75) is 42.7 Å². The van der Waals surface area contributed by atoms with Crippen LogP contribution >= 0.6 is 0 Å². The van der Waals surface area contributed by atoms with Crippen molar-refractivity contribution in [2.24, 2.45) is 0 Å². The second kappa shape index (κ2) is 5.86. The molecule has 0 bridgehead atoms. The maximum atomic E-state index is 12.2. The molecular formula is C12H16N2O5S. The Morgan fingerprint density at radius 3 is 2.40 bits per heavy atom. The summed E-state index contributed by atoms with van der Waals surface area (Å²) < 4.78 is 26.9. The first-order valence-electron chi connectivity index (χ1n) is 6.34. The smallest absolute Gasteiger partial charge is 0.289 e. The Bertz CT molecular complexity index is 594. The monoisotopic (exact) mass is 300 g/mol. The van der Waals surface area contributed by atoms with E-state index < -0.39 is 20.6 Å². The van der Waals surface area contributed by atoms with Gasteiger partial charge in [-0.25, -0.2) is 13.1 Å². The van der Waals surface area contributed by atoms with Crippen molar-refractivity contribution in [1.29, 1.82) is 0 Å². The molecule has 0 aliphatic heterocycles. The van der Waals surface area contributed by atoms with Crippen molar-refractivity contribution in [3.63, 3.8) is 0 Å². The fourth-order valence-corrected chi connectivity index (χ4v) is 3.79. The van der Waals surface area contributed by atoms with Crippen LogP contribution in [0.25, 0.3) is 0 Å². The average Bonchev–Trinajstić information content (AvgIpc) is 2.41. The standard InChI is InChI=1S/C12H16N2O5S/c15-10-7-5-9(6-8-10)13-20(18,19)12-4-2-1-3-11(12)14(16)17/h1-4,9-10,13,15H,5-8H2. The lowest BCUT2D eigenvalue weighted by atomic mass is 9.94. The molecule has 20 heavy (non-hydrogen) atoms. The predicted molar refractivity (Wildman–Crippen MR) is 71.7 cm³/mol.